The van der Waals surface area contributed by atoms with Crippen molar-refractivity contribution in [2.24, 2.45) is 0 Å². The molecule has 5 heteroatoms. The Morgan fingerprint density at radius 2 is 2.21 bits per heavy atom. The van der Waals surface area contributed by atoms with Crippen LogP contribution in [0.3, 0.4) is 0 Å². The summed E-state index contributed by atoms with van der Waals surface area (Å²) in [6.45, 7) is 1.02. The number of carbonyl (C=O) groups is 1. The standard InChI is InChI=1S/C14H16N2O3/c1-9(18)16-13(8-17)14(19)11-4-5-12-10(7-11)3-2-6-15-12/h2-7,13-14,17,19H,8H2,1H3,(H,16,18)/t13-,14+/m1/s1. The number of pyridine rings is 1. The number of carbonyl (C=O) groups excluding carboxylic acids is 1. The average Bonchev–Trinajstić information content (AvgIpc) is 2.43. The van der Waals surface area contributed by atoms with Crippen molar-refractivity contribution in [2.75, 3.05) is 6.61 Å². The third-order valence-corrected chi connectivity index (χ3v) is 2.94. The summed E-state index contributed by atoms with van der Waals surface area (Å²) in [5.74, 6) is -0.291. The molecule has 0 aliphatic carbocycles. The van der Waals surface area contributed by atoms with Gasteiger partial charge in [0, 0.05) is 18.5 Å². The van der Waals surface area contributed by atoms with Gasteiger partial charge in [0.25, 0.3) is 0 Å². The lowest BCUT2D eigenvalue weighted by molar-refractivity contribution is -0.121. The molecule has 0 spiro atoms. The number of nitrogens with one attached hydrogen (secondary N) is 1. The molecule has 0 unspecified atom stereocenters. The molecule has 1 amide bonds. The quantitative estimate of drug-likeness (QED) is 0.758. The van der Waals surface area contributed by atoms with E-state index in [9.17, 15) is 15.0 Å². The van der Waals surface area contributed by atoms with Crippen LogP contribution in [0, 0.1) is 0 Å². The van der Waals surface area contributed by atoms with E-state index < -0.39 is 12.1 Å². The summed E-state index contributed by atoms with van der Waals surface area (Å²) < 4.78 is 0. The van der Waals surface area contributed by atoms with Crippen LogP contribution >= 0.6 is 0 Å². The van der Waals surface area contributed by atoms with Gasteiger partial charge in [0.2, 0.25) is 5.91 Å². The molecule has 5 nitrogen and oxygen atoms in total. The maximum absolute atomic E-state index is 11.0. The topological polar surface area (TPSA) is 82.5 Å². The van der Waals surface area contributed by atoms with Gasteiger partial charge in [-0.15, -0.1) is 0 Å². The summed E-state index contributed by atoms with van der Waals surface area (Å²) >= 11 is 0. The number of benzene rings is 1. The first-order valence-corrected chi connectivity index (χ1v) is 6.02. The number of fused-ring (bicyclic) bond motifs is 1. The van der Waals surface area contributed by atoms with E-state index in [1.807, 2.05) is 12.1 Å². The molecule has 3 N–H and O–H groups in total. The van der Waals surface area contributed by atoms with Gasteiger partial charge in [-0.05, 0) is 23.8 Å². The molecule has 19 heavy (non-hydrogen) atoms. The van der Waals surface area contributed by atoms with Crippen molar-refractivity contribution in [3.8, 4) is 0 Å². The first-order chi connectivity index (χ1) is 9.11. The first kappa shape index (κ1) is 13.5. The second kappa shape index (κ2) is 5.77. The number of nitrogens with zero attached hydrogens (tertiary/aromatic N) is 1. The van der Waals surface area contributed by atoms with E-state index in [4.69, 9.17) is 0 Å². The van der Waals surface area contributed by atoms with E-state index in [2.05, 4.69) is 10.3 Å². The van der Waals surface area contributed by atoms with E-state index in [0.29, 0.717) is 5.56 Å². The molecule has 0 radical (unpaired) electrons. The van der Waals surface area contributed by atoms with Gasteiger partial charge in [-0.25, -0.2) is 0 Å². The third-order valence-electron chi connectivity index (χ3n) is 2.94. The molecule has 0 fully saturated rings. The molecular formula is C14H16N2O3. The number of hydrogen-bond donors (Lipinski definition) is 3. The number of aromatic nitrogens is 1. The number of hydrogen-bond acceptors (Lipinski definition) is 4. The minimum Gasteiger partial charge on any atom is -0.394 e. The Labute approximate surface area is 110 Å². The predicted molar refractivity (Wildman–Crippen MR) is 71.4 cm³/mol. The van der Waals surface area contributed by atoms with Gasteiger partial charge in [0.15, 0.2) is 0 Å². The minimum absolute atomic E-state index is 0.291. The van der Waals surface area contributed by atoms with Crippen molar-refractivity contribution >= 4 is 16.8 Å². The van der Waals surface area contributed by atoms with Crippen LogP contribution in [0.1, 0.15) is 18.6 Å². The van der Waals surface area contributed by atoms with Crippen LogP contribution in [0.5, 0.6) is 0 Å². The molecule has 0 saturated heterocycles. The first-order valence-electron chi connectivity index (χ1n) is 6.02. The maximum atomic E-state index is 11.0. The monoisotopic (exact) mass is 260 g/mol. The molecule has 0 aliphatic heterocycles. The number of rotatable bonds is 4. The third kappa shape index (κ3) is 3.07. The van der Waals surface area contributed by atoms with Crippen molar-refractivity contribution in [2.45, 2.75) is 19.1 Å². The lowest BCUT2D eigenvalue weighted by Gasteiger charge is -2.22. The Morgan fingerprint density at radius 1 is 1.42 bits per heavy atom. The Balaban J connectivity index is 2.29. The van der Waals surface area contributed by atoms with Crippen molar-refractivity contribution in [1.82, 2.24) is 10.3 Å². The second-order valence-electron chi connectivity index (χ2n) is 4.39. The fourth-order valence-electron chi connectivity index (χ4n) is 2.00. The van der Waals surface area contributed by atoms with Crippen LogP contribution in [0.4, 0.5) is 0 Å². The zero-order valence-electron chi connectivity index (χ0n) is 10.6. The average molecular weight is 260 g/mol. The minimum atomic E-state index is -0.960. The van der Waals surface area contributed by atoms with Crippen molar-refractivity contribution in [1.29, 1.82) is 0 Å². The van der Waals surface area contributed by atoms with E-state index in [0.717, 1.165) is 10.9 Å². The maximum Gasteiger partial charge on any atom is 0.217 e. The van der Waals surface area contributed by atoms with E-state index in [1.165, 1.54) is 6.92 Å². The van der Waals surface area contributed by atoms with Gasteiger partial charge in [0.1, 0.15) is 6.10 Å². The molecule has 100 valence electrons. The molecular weight excluding hydrogens is 244 g/mol. The largest absolute Gasteiger partial charge is 0.394 e. The van der Waals surface area contributed by atoms with Gasteiger partial charge in [0.05, 0.1) is 18.2 Å². The lowest BCUT2D eigenvalue weighted by atomic mass is 10.0. The molecule has 0 bridgehead atoms. The molecule has 0 saturated carbocycles. The Hall–Kier alpha value is -1.98. The smallest absolute Gasteiger partial charge is 0.217 e. The number of aliphatic hydroxyl groups is 2. The number of aliphatic hydroxyl groups excluding tert-OH is 2. The van der Waals surface area contributed by atoms with Crippen LogP contribution in [0.2, 0.25) is 0 Å². The fraction of sp³-hybridized carbons (Fsp3) is 0.286. The predicted octanol–water partition coefficient (Wildman–Crippen LogP) is 0.765. The van der Waals surface area contributed by atoms with Crippen LogP contribution in [-0.4, -0.2) is 33.8 Å². The summed E-state index contributed by atoms with van der Waals surface area (Å²) in [5.41, 5.74) is 1.46. The Morgan fingerprint density at radius 3 is 2.89 bits per heavy atom. The highest BCUT2D eigenvalue weighted by Gasteiger charge is 2.21. The second-order valence-corrected chi connectivity index (χ2v) is 4.39. The highest BCUT2D eigenvalue weighted by atomic mass is 16.3. The van der Waals surface area contributed by atoms with Gasteiger partial charge in [-0.3, -0.25) is 9.78 Å². The summed E-state index contributed by atoms with van der Waals surface area (Å²) in [6.07, 6.45) is 0.741. The van der Waals surface area contributed by atoms with Crippen molar-refractivity contribution in [3.63, 3.8) is 0 Å². The van der Waals surface area contributed by atoms with Gasteiger partial charge in [-0.1, -0.05) is 12.1 Å². The lowest BCUT2D eigenvalue weighted by Crippen LogP contribution is -2.40. The van der Waals surface area contributed by atoms with E-state index in [1.54, 1.807) is 24.4 Å². The highest BCUT2D eigenvalue weighted by Crippen LogP contribution is 2.21. The molecule has 1 heterocycles. The number of amides is 1. The van der Waals surface area contributed by atoms with Crippen LogP contribution in [-0.2, 0) is 4.79 Å². The van der Waals surface area contributed by atoms with Gasteiger partial charge in [-0.2, -0.15) is 0 Å². The summed E-state index contributed by atoms with van der Waals surface area (Å²) in [7, 11) is 0. The molecule has 2 rings (SSSR count). The Kier molecular flexibility index (Phi) is 4.09. The van der Waals surface area contributed by atoms with E-state index >= 15 is 0 Å². The summed E-state index contributed by atoms with van der Waals surface area (Å²) in [4.78, 5) is 15.2. The zero-order valence-corrected chi connectivity index (χ0v) is 10.6. The SMILES string of the molecule is CC(=O)N[C@H](CO)[C@@H](O)c1ccc2ncccc2c1. The van der Waals surface area contributed by atoms with E-state index in [-0.39, 0.29) is 12.5 Å². The van der Waals surface area contributed by atoms with Crippen LogP contribution < -0.4 is 5.32 Å². The fourth-order valence-corrected chi connectivity index (χ4v) is 2.00. The molecule has 1 aromatic heterocycles. The molecule has 2 atom stereocenters. The zero-order chi connectivity index (χ0) is 13.8. The summed E-state index contributed by atoms with van der Waals surface area (Å²) in [6, 6.07) is 8.34. The van der Waals surface area contributed by atoms with Crippen molar-refractivity contribution < 1.29 is 15.0 Å². The van der Waals surface area contributed by atoms with Crippen LogP contribution in [0.15, 0.2) is 36.5 Å². The highest BCUT2D eigenvalue weighted by molar-refractivity contribution is 5.79. The molecule has 0 aliphatic rings. The van der Waals surface area contributed by atoms with Crippen molar-refractivity contribution in [3.05, 3.63) is 42.1 Å². The normalized spacial score (nSPS) is 14.1. The Bertz CT molecular complexity index is 586. The molecule has 1 aromatic carbocycles. The van der Waals surface area contributed by atoms with Gasteiger partial charge < -0.3 is 15.5 Å². The van der Waals surface area contributed by atoms with Crippen LogP contribution in [0.25, 0.3) is 10.9 Å². The molecule has 2 aromatic rings. The summed E-state index contributed by atoms with van der Waals surface area (Å²) in [5, 5.41) is 22.8. The van der Waals surface area contributed by atoms with Gasteiger partial charge >= 0.3 is 0 Å².